The first-order valence-electron chi connectivity index (χ1n) is 6.85. The second kappa shape index (κ2) is 5.62. The molecule has 0 saturated heterocycles. The first kappa shape index (κ1) is 13.6. The monoisotopic (exact) mass is 322 g/mol. The van der Waals surface area contributed by atoms with E-state index in [9.17, 15) is 4.79 Å². The SMILES string of the molecule is O=C(Nc1cccc2nsnc12)c1ccc(-c2ccccn2)o1. The van der Waals surface area contributed by atoms with Crippen LogP contribution in [0.5, 0.6) is 0 Å². The van der Waals surface area contributed by atoms with E-state index < -0.39 is 0 Å². The van der Waals surface area contributed by atoms with Gasteiger partial charge in [-0.2, -0.15) is 8.75 Å². The molecule has 0 saturated carbocycles. The summed E-state index contributed by atoms with van der Waals surface area (Å²) in [4.78, 5) is 16.6. The number of nitrogens with one attached hydrogen (secondary N) is 1. The third-order valence-electron chi connectivity index (χ3n) is 3.28. The number of rotatable bonds is 3. The van der Waals surface area contributed by atoms with E-state index >= 15 is 0 Å². The second-order valence-corrected chi connectivity index (χ2v) is 5.30. The Balaban J connectivity index is 1.60. The minimum absolute atomic E-state index is 0.214. The first-order valence-corrected chi connectivity index (χ1v) is 7.58. The molecule has 23 heavy (non-hydrogen) atoms. The molecule has 1 aromatic carbocycles. The summed E-state index contributed by atoms with van der Waals surface area (Å²) in [5.74, 6) is 0.419. The average Bonchev–Trinajstić information content (AvgIpc) is 3.25. The van der Waals surface area contributed by atoms with Crippen LogP contribution < -0.4 is 5.32 Å². The molecule has 3 heterocycles. The number of fused-ring (bicyclic) bond motifs is 1. The maximum absolute atomic E-state index is 12.4. The van der Waals surface area contributed by atoms with Gasteiger partial charge < -0.3 is 9.73 Å². The summed E-state index contributed by atoms with van der Waals surface area (Å²) in [5, 5.41) is 2.80. The number of furan rings is 1. The number of nitrogens with zero attached hydrogens (tertiary/aromatic N) is 3. The lowest BCUT2D eigenvalue weighted by Gasteiger charge is -2.03. The molecule has 6 nitrogen and oxygen atoms in total. The molecule has 7 heteroatoms. The molecule has 0 aliphatic rings. The average molecular weight is 322 g/mol. The van der Waals surface area contributed by atoms with Crippen LogP contribution in [0.25, 0.3) is 22.5 Å². The van der Waals surface area contributed by atoms with Crippen LogP contribution in [-0.4, -0.2) is 19.6 Å². The molecule has 0 spiro atoms. The number of carbonyl (C=O) groups excluding carboxylic acids is 1. The maximum atomic E-state index is 12.4. The fourth-order valence-corrected chi connectivity index (χ4v) is 2.75. The molecule has 3 aromatic heterocycles. The third kappa shape index (κ3) is 2.58. The predicted octanol–water partition coefficient (Wildman–Crippen LogP) is 3.60. The molecule has 0 bridgehead atoms. The molecular weight excluding hydrogens is 312 g/mol. The van der Waals surface area contributed by atoms with Crippen molar-refractivity contribution in [1.82, 2.24) is 13.7 Å². The molecule has 4 aromatic rings. The van der Waals surface area contributed by atoms with E-state index in [0.29, 0.717) is 22.7 Å². The van der Waals surface area contributed by atoms with Crippen LogP contribution in [0.1, 0.15) is 10.6 Å². The van der Waals surface area contributed by atoms with Gasteiger partial charge >= 0.3 is 0 Å². The van der Waals surface area contributed by atoms with E-state index in [4.69, 9.17) is 4.42 Å². The van der Waals surface area contributed by atoms with Gasteiger partial charge in [-0.3, -0.25) is 9.78 Å². The number of hydrogen-bond acceptors (Lipinski definition) is 6. The molecule has 1 amide bonds. The van der Waals surface area contributed by atoms with Gasteiger partial charge in [-0.05, 0) is 36.4 Å². The maximum Gasteiger partial charge on any atom is 0.291 e. The highest BCUT2D eigenvalue weighted by Gasteiger charge is 2.15. The van der Waals surface area contributed by atoms with E-state index in [0.717, 1.165) is 17.2 Å². The highest BCUT2D eigenvalue weighted by Crippen LogP contribution is 2.23. The Bertz CT molecular complexity index is 978. The fourth-order valence-electron chi connectivity index (χ4n) is 2.20. The van der Waals surface area contributed by atoms with Gasteiger partial charge in [0.05, 0.1) is 17.4 Å². The highest BCUT2D eigenvalue weighted by molar-refractivity contribution is 7.00. The van der Waals surface area contributed by atoms with Crippen LogP contribution in [0.3, 0.4) is 0 Å². The van der Waals surface area contributed by atoms with E-state index in [-0.39, 0.29) is 11.7 Å². The minimum atomic E-state index is -0.340. The summed E-state index contributed by atoms with van der Waals surface area (Å²) >= 11 is 1.11. The molecule has 0 fully saturated rings. The summed E-state index contributed by atoms with van der Waals surface area (Å²) in [6.07, 6.45) is 1.67. The Morgan fingerprint density at radius 1 is 1.04 bits per heavy atom. The van der Waals surface area contributed by atoms with Crippen molar-refractivity contribution in [1.29, 1.82) is 0 Å². The normalized spacial score (nSPS) is 10.8. The van der Waals surface area contributed by atoms with Gasteiger partial charge in [0, 0.05) is 6.20 Å². The number of aromatic nitrogens is 3. The lowest BCUT2D eigenvalue weighted by molar-refractivity contribution is 0.0997. The zero-order chi connectivity index (χ0) is 15.6. The van der Waals surface area contributed by atoms with Crippen LogP contribution in [-0.2, 0) is 0 Å². The first-order chi connectivity index (χ1) is 11.3. The number of pyridine rings is 1. The van der Waals surface area contributed by atoms with Gasteiger partial charge in [0.1, 0.15) is 16.7 Å². The van der Waals surface area contributed by atoms with Gasteiger partial charge in [-0.25, -0.2) is 0 Å². The zero-order valence-corrected chi connectivity index (χ0v) is 12.6. The molecule has 4 rings (SSSR count). The van der Waals surface area contributed by atoms with E-state index in [1.165, 1.54) is 0 Å². The van der Waals surface area contributed by atoms with E-state index in [1.807, 2.05) is 30.3 Å². The van der Waals surface area contributed by atoms with Crippen molar-refractivity contribution >= 4 is 34.4 Å². The van der Waals surface area contributed by atoms with Crippen LogP contribution in [0.15, 0.2) is 59.1 Å². The summed E-state index contributed by atoms with van der Waals surface area (Å²) in [7, 11) is 0. The molecular formula is C16H10N4O2S. The van der Waals surface area contributed by atoms with Crippen molar-refractivity contribution in [2.45, 2.75) is 0 Å². The van der Waals surface area contributed by atoms with E-state index in [2.05, 4.69) is 19.0 Å². The second-order valence-electron chi connectivity index (χ2n) is 4.77. The molecule has 0 aliphatic heterocycles. The minimum Gasteiger partial charge on any atom is -0.449 e. The van der Waals surface area contributed by atoms with Gasteiger partial charge in [0.2, 0.25) is 0 Å². The largest absolute Gasteiger partial charge is 0.449 e. The number of anilines is 1. The van der Waals surface area contributed by atoms with Crippen molar-refractivity contribution in [3.8, 4) is 11.5 Å². The smallest absolute Gasteiger partial charge is 0.291 e. The molecule has 0 aliphatic carbocycles. The van der Waals surface area contributed by atoms with Crippen LogP contribution >= 0.6 is 11.7 Å². The third-order valence-corrected chi connectivity index (χ3v) is 3.82. The lowest BCUT2D eigenvalue weighted by atomic mass is 10.2. The van der Waals surface area contributed by atoms with Gasteiger partial charge in [-0.15, -0.1) is 0 Å². The van der Waals surface area contributed by atoms with Gasteiger partial charge in [0.25, 0.3) is 5.91 Å². The Kier molecular flexibility index (Phi) is 3.32. The van der Waals surface area contributed by atoms with Crippen molar-refractivity contribution in [2.75, 3.05) is 5.32 Å². The summed E-state index contributed by atoms with van der Waals surface area (Å²) in [5.41, 5.74) is 2.71. The zero-order valence-electron chi connectivity index (χ0n) is 11.8. The molecule has 1 N–H and O–H groups in total. The van der Waals surface area contributed by atoms with Gasteiger partial charge in [-0.1, -0.05) is 12.1 Å². The standard InChI is InChI=1S/C16H10N4O2S/c21-16(18-11-5-3-6-12-15(11)20-23-19-12)14-8-7-13(22-14)10-4-1-2-9-17-10/h1-9H,(H,18,21). The van der Waals surface area contributed by atoms with Crippen LogP contribution in [0.2, 0.25) is 0 Å². The molecule has 0 unspecified atom stereocenters. The van der Waals surface area contributed by atoms with Crippen LogP contribution in [0.4, 0.5) is 5.69 Å². The summed E-state index contributed by atoms with van der Waals surface area (Å²) in [6, 6.07) is 14.3. The van der Waals surface area contributed by atoms with E-state index in [1.54, 1.807) is 24.4 Å². The topological polar surface area (TPSA) is 80.9 Å². The Labute approximate surface area is 135 Å². The Morgan fingerprint density at radius 3 is 2.87 bits per heavy atom. The Hall–Kier alpha value is -3.06. The number of amides is 1. The van der Waals surface area contributed by atoms with Crippen molar-refractivity contribution in [2.24, 2.45) is 0 Å². The number of carbonyl (C=O) groups is 1. The highest BCUT2D eigenvalue weighted by atomic mass is 32.1. The number of benzene rings is 1. The molecule has 112 valence electrons. The van der Waals surface area contributed by atoms with Crippen molar-refractivity contribution in [3.05, 3.63) is 60.5 Å². The van der Waals surface area contributed by atoms with Gasteiger partial charge in [0.15, 0.2) is 11.5 Å². The summed E-state index contributed by atoms with van der Waals surface area (Å²) in [6.45, 7) is 0. The Morgan fingerprint density at radius 2 is 2.00 bits per heavy atom. The molecule has 0 radical (unpaired) electrons. The van der Waals surface area contributed by atoms with Crippen LogP contribution in [0, 0.1) is 0 Å². The molecule has 0 atom stereocenters. The van der Waals surface area contributed by atoms with Crippen molar-refractivity contribution < 1.29 is 9.21 Å². The quantitative estimate of drug-likeness (QED) is 0.623. The summed E-state index contributed by atoms with van der Waals surface area (Å²) < 4.78 is 13.9. The predicted molar refractivity (Wildman–Crippen MR) is 87.3 cm³/mol. The lowest BCUT2D eigenvalue weighted by Crippen LogP contribution is -2.11. The number of hydrogen-bond donors (Lipinski definition) is 1. The fraction of sp³-hybridized carbons (Fsp3) is 0. The van der Waals surface area contributed by atoms with Crippen molar-refractivity contribution in [3.63, 3.8) is 0 Å².